The van der Waals surface area contributed by atoms with Crippen molar-refractivity contribution in [1.82, 2.24) is 20.5 Å². The number of aliphatic imine (C=N–C) groups is 1. The maximum absolute atomic E-state index is 12.1. The van der Waals surface area contributed by atoms with Crippen LogP contribution in [0.25, 0.3) is 10.9 Å². The number of carbonyl (C=O) groups is 1. The first-order valence-electron chi connectivity index (χ1n) is 9.39. The van der Waals surface area contributed by atoms with E-state index in [0.717, 1.165) is 38.4 Å². The number of nitrogens with zero attached hydrogens (tertiary/aromatic N) is 2. The van der Waals surface area contributed by atoms with Crippen molar-refractivity contribution in [2.75, 3.05) is 26.7 Å². The lowest BCUT2D eigenvalue weighted by Crippen LogP contribution is -2.45. The molecule has 6 nitrogen and oxygen atoms in total. The van der Waals surface area contributed by atoms with Crippen LogP contribution in [0, 0.1) is 5.92 Å². The van der Waals surface area contributed by atoms with Crippen LogP contribution in [0.15, 0.2) is 35.3 Å². The number of hydrogen-bond acceptors (Lipinski definition) is 2. The molecule has 0 spiro atoms. The lowest BCUT2D eigenvalue weighted by molar-refractivity contribution is -0.133. The molecule has 1 unspecified atom stereocenters. The molecule has 3 N–H and O–H groups in total. The Balaban J connectivity index is 1.46. The Morgan fingerprint density at radius 3 is 2.92 bits per heavy atom. The van der Waals surface area contributed by atoms with Crippen molar-refractivity contribution in [1.29, 1.82) is 0 Å². The average molecular weight is 355 g/mol. The second-order valence-corrected chi connectivity index (χ2v) is 7.20. The second-order valence-electron chi connectivity index (χ2n) is 7.20. The summed E-state index contributed by atoms with van der Waals surface area (Å²) in [5.41, 5.74) is 2.38. The van der Waals surface area contributed by atoms with Crippen molar-refractivity contribution < 1.29 is 4.79 Å². The lowest BCUT2D eigenvalue weighted by atomic mass is 10.2. The van der Waals surface area contributed by atoms with Crippen LogP contribution in [0.5, 0.6) is 0 Å². The Morgan fingerprint density at radius 2 is 2.19 bits per heavy atom. The highest BCUT2D eigenvalue weighted by atomic mass is 16.2. The molecule has 2 aromatic rings. The number of hydrogen-bond donors (Lipinski definition) is 3. The highest BCUT2D eigenvalue weighted by Crippen LogP contribution is 2.15. The zero-order chi connectivity index (χ0) is 18.5. The highest BCUT2D eigenvalue weighted by molar-refractivity contribution is 5.81. The third kappa shape index (κ3) is 4.36. The fourth-order valence-corrected chi connectivity index (χ4v) is 3.42. The zero-order valence-electron chi connectivity index (χ0n) is 15.9. The van der Waals surface area contributed by atoms with Crippen LogP contribution in [-0.4, -0.2) is 54.5 Å². The van der Waals surface area contributed by atoms with Gasteiger partial charge < -0.3 is 20.5 Å². The molecule has 1 saturated heterocycles. The molecule has 2 heterocycles. The number of likely N-dealkylation sites (tertiary alicyclic amines) is 1. The van der Waals surface area contributed by atoms with Gasteiger partial charge in [-0.25, -0.2) is 0 Å². The van der Waals surface area contributed by atoms with E-state index in [9.17, 15) is 4.79 Å². The third-order valence-electron chi connectivity index (χ3n) is 4.83. The number of amides is 1. The molecule has 0 bridgehead atoms. The fourth-order valence-electron chi connectivity index (χ4n) is 3.42. The summed E-state index contributed by atoms with van der Waals surface area (Å²) in [6, 6.07) is 10.8. The van der Waals surface area contributed by atoms with Gasteiger partial charge >= 0.3 is 0 Å². The number of aromatic amines is 1. The van der Waals surface area contributed by atoms with Crippen molar-refractivity contribution >= 4 is 22.8 Å². The summed E-state index contributed by atoms with van der Waals surface area (Å²) in [4.78, 5) is 21.8. The first-order valence-corrected chi connectivity index (χ1v) is 9.39. The maximum Gasteiger partial charge on any atom is 0.225 e. The van der Waals surface area contributed by atoms with Crippen molar-refractivity contribution in [3.63, 3.8) is 0 Å². The van der Waals surface area contributed by atoms with E-state index in [2.05, 4.69) is 44.9 Å². The first-order chi connectivity index (χ1) is 12.6. The quantitative estimate of drug-likeness (QED) is 0.568. The molecular weight excluding hydrogens is 326 g/mol. The molecule has 1 fully saturated rings. The van der Waals surface area contributed by atoms with Crippen molar-refractivity contribution in [3.8, 4) is 0 Å². The monoisotopic (exact) mass is 355 g/mol. The largest absolute Gasteiger partial charge is 0.358 e. The molecule has 1 aromatic heterocycles. The number of guanidine groups is 1. The minimum atomic E-state index is 0.0579. The van der Waals surface area contributed by atoms with Gasteiger partial charge in [0.25, 0.3) is 0 Å². The van der Waals surface area contributed by atoms with Gasteiger partial charge in [0.2, 0.25) is 5.91 Å². The van der Waals surface area contributed by atoms with Crippen LogP contribution in [0.2, 0.25) is 0 Å². The smallest absolute Gasteiger partial charge is 0.225 e. The van der Waals surface area contributed by atoms with Gasteiger partial charge in [-0.05, 0) is 23.9 Å². The van der Waals surface area contributed by atoms with Gasteiger partial charge in [0.1, 0.15) is 0 Å². The predicted octanol–water partition coefficient (Wildman–Crippen LogP) is 2.13. The van der Waals surface area contributed by atoms with Gasteiger partial charge in [-0.2, -0.15) is 0 Å². The Bertz CT molecular complexity index is 746. The Kier molecular flexibility index (Phi) is 5.81. The van der Waals surface area contributed by atoms with Crippen molar-refractivity contribution in [2.45, 2.75) is 32.7 Å². The van der Waals surface area contributed by atoms with Crippen molar-refractivity contribution in [3.05, 3.63) is 36.0 Å². The second kappa shape index (κ2) is 8.25. The topological polar surface area (TPSA) is 72.5 Å². The van der Waals surface area contributed by atoms with E-state index in [1.54, 1.807) is 7.05 Å². The van der Waals surface area contributed by atoms with Gasteiger partial charge in [0.05, 0.1) is 0 Å². The molecule has 140 valence electrons. The van der Waals surface area contributed by atoms with Crippen LogP contribution in [0.4, 0.5) is 0 Å². The standard InChI is InChI=1S/C20H29N5O/c1-14(2)19(26)25-11-9-17(13-25)24-20(21-3)22-10-8-16-12-15-6-4-5-7-18(15)23-16/h4-7,12,14,17,23H,8-11,13H2,1-3H3,(H2,21,22,24). The Morgan fingerprint density at radius 1 is 1.38 bits per heavy atom. The molecular formula is C20H29N5O. The van der Waals surface area contributed by atoms with Gasteiger partial charge in [-0.15, -0.1) is 0 Å². The van der Waals surface area contributed by atoms with Gasteiger partial charge in [0, 0.05) is 56.3 Å². The number of carbonyl (C=O) groups excluding carboxylic acids is 1. The summed E-state index contributed by atoms with van der Waals surface area (Å²) in [6.45, 7) is 6.27. The molecule has 0 aliphatic carbocycles. The molecule has 1 atom stereocenters. The Labute approximate surface area is 155 Å². The molecule has 0 saturated carbocycles. The summed E-state index contributed by atoms with van der Waals surface area (Å²) in [6.07, 6.45) is 1.86. The van der Waals surface area contributed by atoms with Crippen LogP contribution in [0.1, 0.15) is 26.0 Å². The number of fused-ring (bicyclic) bond motifs is 1. The maximum atomic E-state index is 12.1. The zero-order valence-corrected chi connectivity index (χ0v) is 15.9. The van der Waals surface area contributed by atoms with E-state index in [1.807, 2.05) is 24.8 Å². The number of H-pyrrole nitrogens is 1. The van der Waals surface area contributed by atoms with E-state index in [4.69, 9.17) is 0 Å². The van der Waals surface area contributed by atoms with E-state index < -0.39 is 0 Å². The van der Waals surface area contributed by atoms with Gasteiger partial charge in [0.15, 0.2) is 5.96 Å². The molecule has 3 rings (SSSR count). The lowest BCUT2D eigenvalue weighted by Gasteiger charge is -2.20. The van der Waals surface area contributed by atoms with Gasteiger partial charge in [-0.3, -0.25) is 9.79 Å². The number of benzene rings is 1. The SMILES string of the molecule is CN=C(NCCc1cc2ccccc2[nH]1)NC1CCN(C(=O)C(C)C)C1. The van der Waals surface area contributed by atoms with Crippen LogP contribution in [0.3, 0.4) is 0 Å². The third-order valence-corrected chi connectivity index (χ3v) is 4.83. The predicted molar refractivity (Wildman–Crippen MR) is 106 cm³/mol. The number of aromatic nitrogens is 1. The van der Waals surface area contributed by atoms with Gasteiger partial charge in [-0.1, -0.05) is 32.0 Å². The molecule has 1 aromatic carbocycles. The number of nitrogens with one attached hydrogen (secondary N) is 3. The minimum absolute atomic E-state index is 0.0579. The summed E-state index contributed by atoms with van der Waals surface area (Å²) in [7, 11) is 1.78. The van der Waals surface area contributed by atoms with Crippen molar-refractivity contribution in [2.24, 2.45) is 10.9 Å². The minimum Gasteiger partial charge on any atom is -0.358 e. The molecule has 26 heavy (non-hydrogen) atoms. The van der Waals surface area contributed by atoms with Crippen LogP contribution in [-0.2, 0) is 11.2 Å². The summed E-state index contributed by atoms with van der Waals surface area (Å²) < 4.78 is 0. The molecule has 1 amide bonds. The van der Waals surface area contributed by atoms with Crippen LogP contribution >= 0.6 is 0 Å². The average Bonchev–Trinajstić information content (AvgIpc) is 3.26. The molecule has 1 aliphatic heterocycles. The summed E-state index contributed by atoms with van der Waals surface area (Å²) >= 11 is 0. The van der Waals surface area contributed by atoms with E-state index in [0.29, 0.717) is 0 Å². The van der Waals surface area contributed by atoms with E-state index >= 15 is 0 Å². The summed E-state index contributed by atoms with van der Waals surface area (Å²) in [5, 5.41) is 8.05. The first kappa shape index (κ1) is 18.3. The Hall–Kier alpha value is -2.50. The highest BCUT2D eigenvalue weighted by Gasteiger charge is 2.27. The number of para-hydroxylation sites is 1. The summed E-state index contributed by atoms with van der Waals surface area (Å²) in [5.74, 6) is 1.09. The van der Waals surface area contributed by atoms with E-state index in [1.165, 1.54) is 16.6 Å². The fraction of sp³-hybridized carbons (Fsp3) is 0.500. The molecule has 1 aliphatic rings. The van der Waals surface area contributed by atoms with E-state index in [-0.39, 0.29) is 17.9 Å². The normalized spacial score (nSPS) is 17.9. The number of rotatable bonds is 5. The molecule has 6 heteroatoms. The molecule has 0 radical (unpaired) electrons. The van der Waals surface area contributed by atoms with Crippen LogP contribution < -0.4 is 10.6 Å².